The molecule has 0 radical (unpaired) electrons. The highest BCUT2D eigenvalue weighted by molar-refractivity contribution is 7.92. The van der Waals surface area contributed by atoms with Crippen molar-refractivity contribution in [2.45, 2.75) is 20.8 Å². The minimum absolute atomic E-state index is 0.0581. The number of phenols is 1. The molecule has 118 valence electrons. The van der Waals surface area contributed by atoms with E-state index in [-0.39, 0.29) is 11.0 Å². The molecule has 0 aromatic heterocycles. The number of nitrogens with one attached hydrogen (secondary N) is 1. The Morgan fingerprint density at radius 3 is 2.50 bits per heavy atom. The number of amides is 1. The average molecular weight is 326 g/mol. The zero-order chi connectivity index (χ0) is 16.7. The normalized spacial score (nSPS) is 16.9. The van der Waals surface area contributed by atoms with Crippen LogP contribution in [-0.2, 0) is 15.0 Å². The van der Waals surface area contributed by atoms with Crippen molar-refractivity contribution in [1.29, 1.82) is 0 Å². The Balaban J connectivity index is 2.58. The van der Waals surface area contributed by atoms with Crippen molar-refractivity contribution in [3.05, 3.63) is 23.5 Å². The molecule has 2 N–H and O–H groups in total. The fourth-order valence-electron chi connectivity index (χ4n) is 1.79. The number of phenolic OH excluding ortho intramolecular Hbond substituents is 1. The van der Waals surface area contributed by atoms with Crippen molar-refractivity contribution >= 4 is 21.8 Å². The van der Waals surface area contributed by atoms with Crippen LogP contribution in [0.1, 0.15) is 26.3 Å². The molecule has 1 aliphatic rings. The van der Waals surface area contributed by atoms with E-state index in [1.807, 2.05) is 20.8 Å². The van der Waals surface area contributed by atoms with E-state index in [0.717, 1.165) is 6.07 Å². The van der Waals surface area contributed by atoms with Gasteiger partial charge in [-0.2, -0.15) is 8.42 Å². The van der Waals surface area contributed by atoms with E-state index in [4.69, 9.17) is 0 Å². The van der Waals surface area contributed by atoms with Gasteiger partial charge in [-0.15, -0.1) is 0 Å². The minimum atomic E-state index is -4.21. The Hall–Kier alpha value is -2.27. The molecule has 0 aliphatic carbocycles. The van der Waals surface area contributed by atoms with Gasteiger partial charge in [0.1, 0.15) is 18.0 Å². The predicted octanol–water partition coefficient (Wildman–Crippen LogP) is 1.11. The molecule has 0 atom stereocenters. The summed E-state index contributed by atoms with van der Waals surface area (Å²) in [6, 6.07) is 2.40. The van der Waals surface area contributed by atoms with Gasteiger partial charge in [0.05, 0.1) is 5.56 Å². The van der Waals surface area contributed by atoms with E-state index in [9.17, 15) is 22.7 Å². The van der Waals surface area contributed by atoms with Gasteiger partial charge in [-0.25, -0.2) is 13.4 Å². The second-order valence-electron chi connectivity index (χ2n) is 5.83. The molecule has 1 aromatic rings. The van der Waals surface area contributed by atoms with Gasteiger partial charge in [0.15, 0.2) is 5.82 Å². The molecule has 22 heavy (non-hydrogen) atoms. The van der Waals surface area contributed by atoms with Crippen molar-refractivity contribution in [3.63, 3.8) is 0 Å². The first-order valence-corrected chi connectivity index (χ1v) is 7.83. The van der Waals surface area contributed by atoms with Crippen molar-refractivity contribution in [2.75, 3.05) is 10.8 Å². The average Bonchev–Trinajstić information content (AvgIpc) is 2.60. The molecule has 6 nitrogen and oxygen atoms in total. The SMILES string of the molecule is CC(C)(C)C#Cc1ccc(O)c(N2CC(=O)NS2(=O)=O)c1F. The summed E-state index contributed by atoms with van der Waals surface area (Å²) in [5, 5.41) is 9.79. The largest absolute Gasteiger partial charge is 0.506 e. The quantitative estimate of drug-likeness (QED) is 0.757. The Kier molecular flexibility index (Phi) is 3.79. The maximum atomic E-state index is 14.5. The zero-order valence-electron chi connectivity index (χ0n) is 12.3. The summed E-state index contributed by atoms with van der Waals surface area (Å²) in [6.45, 7) is 4.93. The third kappa shape index (κ3) is 3.14. The Bertz CT molecular complexity index is 801. The van der Waals surface area contributed by atoms with Crippen molar-refractivity contribution < 1.29 is 22.7 Å². The highest BCUT2D eigenvalue weighted by atomic mass is 32.2. The summed E-state index contributed by atoms with van der Waals surface area (Å²) >= 11 is 0. The molecule has 1 amide bonds. The van der Waals surface area contributed by atoms with Crippen LogP contribution in [0.4, 0.5) is 10.1 Å². The van der Waals surface area contributed by atoms with Crippen LogP contribution in [0.5, 0.6) is 5.75 Å². The topological polar surface area (TPSA) is 86.7 Å². The lowest BCUT2D eigenvalue weighted by atomic mass is 9.97. The summed E-state index contributed by atoms with van der Waals surface area (Å²) in [6.07, 6.45) is 0. The first-order valence-electron chi connectivity index (χ1n) is 6.39. The number of anilines is 1. The molecular formula is C14H15FN2O4S. The van der Waals surface area contributed by atoms with Gasteiger partial charge in [-0.05, 0) is 32.9 Å². The fraction of sp³-hybridized carbons (Fsp3) is 0.357. The van der Waals surface area contributed by atoms with Gasteiger partial charge in [0.25, 0.3) is 5.91 Å². The highest BCUT2D eigenvalue weighted by Gasteiger charge is 2.37. The third-order valence-corrected chi connectivity index (χ3v) is 4.11. The Labute approximate surface area is 128 Å². The zero-order valence-corrected chi connectivity index (χ0v) is 13.1. The van der Waals surface area contributed by atoms with Crippen LogP contribution in [0, 0.1) is 23.1 Å². The number of carbonyl (C=O) groups is 1. The summed E-state index contributed by atoms with van der Waals surface area (Å²) in [5.41, 5.74) is -1.02. The second kappa shape index (κ2) is 5.18. The van der Waals surface area contributed by atoms with E-state index in [1.54, 1.807) is 4.72 Å². The van der Waals surface area contributed by atoms with Crippen LogP contribution in [-0.4, -0.2) is 26.0 Å². The predicted molar refractivity (Wildman–Crippen MR) is 78.8 cm³/mol. The maximum Gasteiger partial charge on any atom is 0.326 e. The number of halogens is 1. The van der Waals surface area contributed by atoms with Crippen molar-refractivity contribution in [2.24, 2.45) is 5.41 Å². The molecule has 1 saturated heterocycles. The van der Waals surface area contributed by atoms with Gasteiger partial charge in [-0.1, -0.05) is 11.8 Å². The molecule has 1 fully saturated rings. The molecule has 1 heterocycles. The van der Waals surface area contributed by atoms with Crippen LogP contribution in [0.3, 0.4) is 0 Å². The molecule has 0 unspecified atom stereocenters. The lowest BCUT2D eigenvalue weighted by Gasteiger charge is -2.17. The number of carbonyl (C=O) groups excluding carboxylic acids is 1. The summed E-state index contributed by atoms with van der Waals surface area (Å²) in [5.74, 6) is 3.07. The van der Waals surface area contributed by atoms with Gasteiger partial charge in [0.2, 0.25) is 0 Å². The lowest BCUT2D eigenvalue weighted by molar-refractivity contribution is -0.117. The van der Waals surface area contributed by atoms with Crippen LogP contribution in [0.2, 0.25) is 0 Å². The number of rotatable bonds is 1. The first kappa shape index (κ1) is 16.1. The van der Waals surface area contributed by atoms with E-state index < -0.39 is 39.9 Å². The van der Waals surface area contributed by atoms with Gasteiger partial charge < -0.3 is 5.11 Å². The standard InChI is InChI=1S/C14H15FN2O4S/c1-14(2,3)7-6-9-4-5-10(18)13(12(9)15)17-8-11(19)16-22(17,20)21/h4-5,18H,8H2,1-3H3,(H,16,19). The highest BCUT2D eigenvalue weighted by Crippen LogP contribution is 2.34. The van der Waals surface area contributed by atoms with Crippen molar-refractivity contribution in [3.8, 4) is 17.6 Å². The molecule has 1 aliphatic heterocycles. The van der Waals surface area contributed by atoms with E-state index in [1.165, 1.54) is 6.07 Å². The van der Waals surface area contributed by atoms with E-state index in [0.29, 0.717) is 4.31 Å². The molecule has 1 aromatic carbocycles. The van der Waals surface area contributed by atoms with Crippen molar-refractivity contribution in [1.82, 2.24) is 4.72 Å². The number of nitrogens with zero attached hydrogens (tertiary/aromatic N) is 1. The number of benzene rings is 1. The number of aromatic hydroxyl groups is 1. The van der Waals surface area contributed by atoms with Gasteiger partial charge in [0, 0.05) is 5.41 Å². The summed E-state index contributed by atoms with van der Waals surface area (Å²) < 4.78 is 40.3. The third-order valence-electron chi connectivity index (χ3n) is 2.74. The lowest BCUT2D eigenvalue weighted by Crippen LogP contribution is -2.30. The molecule has 0 bridgehead atoms. The molecule has 2 rings (SSSR count). The maximum absolute atomic E-state index is 14.5. The van der Waals surface area contributed by atoms with Crippen LogP contribution >= 0.6 is 0 Å². The smallest absolute Gasteiger partial charge is 0.326 e. The van der Waals surface area contributed by atoms with Gasteiger partial charge in [-0.3, -0.25) is 4.79 Å². The molecule has 0 spiro atoms. The van der Waals surface area contributed by atoms with Crippen LogP contribution in [0.25, 0.3) is 0 Å². The monoisotopic (exact) mass is 326 g/mol. The molecule has 8 heteroatoms. The summed E-state index contributed by atoms with van der Waals surface area (Å²) in [4.78, 5) is 11.2. The number of hydrogen-bond acceptors (Lipinski definition) is 4. The van der Waals surface area contributed by atoms with Gasteiger partial charge >= 0.3 is 10.2 Å². The van der Waals surface area contributed by atoms with Crippen LogP contribution in [0.15, 0.2) is 12.1 Å². The molecular weight excluding hydrogens is 311 g/mol. The minimum Gasteiger partial charge on any atom is -0.506 e. The second-order valence-corrected chi connectivity index (χ2v) is 7.43. The fourth-order valence-corrected chi connectivity index (χ4v) is 2.95. The molecule has 0 saturated carbocycles. The van der Waals surface area contributed by atoms with E-state index in [2.05, 4.69) is 11.8 Å². The Morgan fingerprint density at radius 1 is 1.36 bits per heavy atom. The van der Waals surface area contributed by atoms with E-state index >= 15 is 0 Å². The Morgan fingerprint density at radius 2 is 2.00 bits per heavy atom. The summed E-state index contributed by atoms with van der Waals surface area (Å²) in [7, 11) is -4.21. The first-order chi connectivity index (χ1) is 10.0. The number of hydrogen-bond donors (Lipinski definition) is 2. The van der Waals surface area contributed by atoms with Crippen LogP contribution < -0.4 is 9.03 Å².